The van der Waals surface area contributed by atoms with Crippen molar-refractivity contribution in [3.8, 4) is 11.5 Å². The largest absolute Gasteiger partial charge is 0.506 e. The Bertz CT molecular complexity index is 497. The Kier molecular flexibility index (Phi) is 4.15. The smallest absolute Gasteiger partial charge is 0.133 e. The summed E-state index contributed by atoms with van der Waals surface area (Å²) in [6.07, 6.45) is 1.45. The number of methoxy groups -OCH3 is 1. The summed E-state index contributed by atoms with van der Waals surface area (Å²) in [5, 5.41) is 12.4. The third kappa shape index (κ3) is 3.46. The van der Waals surface area contributed by atoms with Crippen LogP contribution in [0.4, 0.5) is 0 Å². The molecule has 2 aromatic rings. The first-order chi connectivity index (χ1) is 8.78. The van der Waals surface area contributed by atoms with E-state index in [1.54, 1.807) is 19.2 Å². The Balaban J connectivity index is 1.86. The minimum atomic E-state index is 0.187. The van der Waals surface area contributed by atoms with Crippen LogP contribution in [0.3, 0.4) is 0 Å². The fourth-order valence-electron chi connectivity index (χ4n) is 1.64. The topological polar surface area (TPSA) is 54.4 Å². The zero-order chi connectivity index (χ0) is 12.8. The predicted molar refractivity (Wildman–Crippen MR) is 69.4 cm³/mol. The van der Waals surface area contributed by atoms with E-state index in [1.165, 1.54) is 6.20 Å². The van der Waals surface area contributed by atoms with Crippen LogP contribution in [0.5, 0.6) is 11.5 Å². The van der Waals surface area contributed by atoms with Gasteiger partial charge in [0.15, 0.2) is 0 Å². The van der Waals surface area contributed by atoms with E-state index in [2.05, 4.69) is 10.3 Å². The SMILES string of the molecule is COc1cccc(CNCc2ccc(O)cn2)c1. The number of hydrogen-bond acceptors (Lipinski definition) is 4. The number of nitrogens with one attached hydrogen (secondary N) is 1. The molecule has 0 atom stereocenters. The van der Waals surface area contributed by atoms with E-state index in [0.29, 0.717) is 6.54 Å². The van der Waals surface area contributed by atoms with E-state index in [-0.39, 0.29) is 5.75 Å². The summed E-state index contributed by atoms with van der Waals surface area (Å²) in [5.74, 6) is 1.05. The molecule has 0 spiro atoms. The number of benzene rings is 1. The van der Waals surface area contributed by atoms with Crippen LogP contribution in [0.1, 0.15) is 11.3 Å². The number of ether oxygens (including phenoxy) is 1. The van der Waals surface area contributed by atoms with Crippen LogP contribution in [0.2, 0.25) is 0 Å². The average Bonchev–Trinajstić information content (AvgIpc) is 2.41. The van der Waals surface area contributed by atoms with Crippen molar-refractivity contribution in [3.05, 3.63) is 53.9 Å². The highest BCUT2D eigenvalue weighted by molar-refractivity contribution is 5.28. The Morgan fingerprint density at radius 2 is 2.11 bits per heavy atom. The lowest BCUT2D eigenvalue weighted by molar-refractivity contribution is 0.414. The lowest BCUT2D eigenvalue weighted by Gasteiger charge is -2.06. The van der Waals surface area contributed by atoms with Crippen molar-refractivity contribution in [1.82, 2.24) is 10.3 Å². The first-order valence-electron chi connectivity index (χ1n) is 5.75. The van der Waals surface area contributed by atoms with Crippen molar-refractivity contribution in [2.24, 2.45) is 0 Å². The third-order valence-corrected chi connectivity index (χ3v) is 2.58. The van der Waals surface area contributed by atoms with E-state index in [4.69, 9.17) is 9.84 Å². The first kappa shape index (κ1) is 12.4. The quantitative estimate of drug-likeness (QED) is 0.845. The maximum Gasteiger partial charge on any atom is 0.133 e. The van der Waals surface area contributed by atoms with Crippen molar-refractivity contribution in [1.29, 1.82) is 0 Å². The van der Waals surface area contributed by atoms with Gasteiger partial charge < -0.3 is 15.2 Å². The molecule has 94 valence electrons. The summed E-state index contributed by atoms with van der Waals surface area (Å²) in [6, 6.07) is 11.4. The van der Waals surface area contributed by atoms with Gasteiger partial charge in [0.05, 0.1) is 19.0 Å². The van der Waals surface area contributed by atoms with Gasteiger partial charge >= 0.3 is 0 Å². The second kappa shape index (κ2) is 6.02. The van der Waals surface area contributed by atoms with Crippen molar-refractivity contribution in [3.63, 3.8) is 0 Å². The lowest BCUT2D eigenvalue weighted by Crippen LogP contribution is -2.13. The molecule has 0 saturated carbocycles. The molecule has 2 rings (SSSR count). The van der Waals surface area contributed by atoms with Crippen molar-refractivity contribution < 1.29 is 9.84 Å². The Labute approximate surface area is 106 Å². The molecular weight excluding hydrogens is 228 g/mol. The van der Waals surface area contributed by atoms with Gasteiger partial charge in [-0.15, -0.1) is 0 Å². The zero-order valence-corrected chi connectivity index (χ0v) is 10.3. The lowest BCUT2D eigenvalue weighted by atomic mass is 10.2. The maximum atomic E-state index is 9.12. The molecule has 4 heteroatoms. The fraction of sp³-hybridized carbons (Fsp3) is 0.214. The summed E-state index contributed by atoms with van der Waals surface area (Å²) in [7, 11) is 1.66. The molecule has 0 aliphatic carbocycles. The van der Waals surface area contributed by atoms with Gasteiger partial charge in [0.1, 0.15) is 11.5 Å². The highest BCUT2D eigenvalue weighted by atomic mass is 16.5. The number of pyridine rings is 1. The molecule has 1 aromatic carbocycles. The Morgan fingerprint density at radius 3 is 2.83 bits per heavy atom. The van der Waals surface area contributed by atoms with E-state index in [0.717, 1.165) is 23.6 Å². The molecule has 2 N–H and O–H groups in total. The minimum absolute atomic E-state index is 0.187. The van der Waals surface area contributed by atoms with Gasteiger partial charge in [-0.05, 0) is 29.8 Å². The predicted octanol–water partition coefficient (Wildman–Crippen LogP) is 2.09. The molecule has 0 fully saturated rings. The molecule has 0 saturated heterocycles. The van der Waals surface area contributed by atoms with Crippen LogP contribution in [0.25, 0.3) is 0 Å². The normalized spacial score (nSPS) is 10.3. The van der Waals surface area contributed by atoms with Crippen LogP contribution < -0.4 is 10.1 Å². The highest BCUT2D eigenvalue weighted by Crippen LogP contribution is 2.12. The maximum absolute atomic E-state index is 9.12. The van der Waals surface area contributed by atoms with E-state index in [1.807, 2.05) is 24.3 Å². The first-order valence-corrected chi connectivity index (χ1v) is 5.75. The molecule has 0 bridgehead atoms. The molecule has 0 radical (unpaired) electrons. The Morgan fingerprint density at radius 1 is 1.22 bits per heavy atom. The molecule has 18 heavy (non-hydrogen) atoms. The summed E-state index contributed by atoms with van der Waals surface area (Å²) >= 11 is 0. The van der Waals surface area contributed by atoms with Gasteiger partial charge in [-0.1, -0.05) is 12.1 Å². The van der Waals surface area contributed by atoms with Gasteiger partial charge in [0, 0.05) is 13.1 Å². The number of rotatable bonds is 5. The molecule has 1 heterocycles. The Hall–Kier alpha value is -2.07. The summed E-state index contributed by atoms with van der Waals surface area (Å²) in [4.78, 5) is 4.11. The molecule has 0 aliphatic heterocycles. The number of aromatic nitrogens is 1. The van der Waals surface area contributed by atoms with Crippen LogP contribution in [-0.2, 0) is 13.1 Å². The van der Waals surface area contributed by atoms with Gasteiger partial charge in [0.2, 0.25) is 0 Å². The fourth-order valence-corrected chi connectivity index (χ4v) is 1.64. The van der Waals surface area contributed by atoms with Crippen LogP contribution >= 0.6 is 0 Å². The summed E-state index contributed by atoms with van der Waals surface area (Å²) in [5.41, 5.74) is 2.06. The average molecular weight is 244 g/mol. The van der Waals surface area contributed by atoms with Crippen molar-refractivity contribution in [2.45, 2.75) is 13.1 Å². The van der Waals surface area contributed by atoms with Crippen LogP contribution in [-0.4, -0.2) is 17.2 Å². The molecular formula is C14H16N2O2. The minimum Gasteiger partial charge on any atom is -0.506 e. The van der Waals surface area contributed by atoms with Crippen molar-refractivity contribution in [2.75, 3.05) is 7.11 Å². The van der Waals surface area contributed by atoms with Gasteiger partial charge in [0.25, 0.3) is 0 Å². The van der Waals surface area contributed by atoms with E-state index < -0.39 is 0 Å². The second-order valence-electron chi connectivity index (χ2n) is 3.96. The molecule has 4 nitrogen and oxygen atoms in total. The number of aromatic hydroxyl groups is 1. The van der Waals surface area contributed by atoms with Gasteiger partial charge in [-0.25, -0.2) is 0 Å². The summed E-state index contributed by atoms with van der Waals surface area (Å²) in [6.45, 7) is 1.41. The monoisotopic (exact) mass is 244 g/mol. The number of hydrogen-bond donors (Lipinski definition) is 2. The van der Waals surface area contributed by atoms with Crippen molar-refractivity contribution >= 4 is 0 Å². The zero-order valence-electron chi connectivity index (χ0n) is 10.3. The second-order valence-corrected chi connectivity index (χ2v) is 3.96. The third-order valence-electron chi connectivity index (χ3n) is 2.58. The summed E-state index contributed by atoms with van der Waals surface area (Å²) < 4.78 is 5.16. The number of nitrogens with zero attached hydrogens (tertiary/aromatic N) is 1. The van der Waals surface area contributed by atoms with E-state index >= 15 is 0 Å². The van der Waals surface area contributed by atoms with Crippen LogP contribution in [0, 0.1) is 0 Å². The molecule has 0 aliphatic rings. The molecule has 0 amide bonds. The van der Waals surface area contributed by atoms with E-state index in [9.17, 15) is 0 Å². The standard InChI is InChI=1S/C14H16N2O2/c1-18-14-4-2-3-11(7-14)8-15-9-12-5-6-13(17)10-16-12/h2-7,10,15,17H,8-9H2,1H3. The van der Waals surface area contributed by atoms with Crippen LogP contribution in [0.15, 0.2) is 42.6 Å². The van der Waals surface area contributed by atoms with Gasteiger partial charge in [-0.2, -0.15) is 0 Å². The molecule has 0 unspecified atom stereocenters. The molecule has 1 aromatic heterocycles. The van der Waals surface area contributed by atoms with Gasteiger partial charge in [-0.3, -0.25) is 4.98 Å². The highest BCUT2D eigenvalue weighted by Gasteiger charge is 1.97.